The summed E-state index contributed by atoms with van der Waals surface area (Å²) in [5.74, 6) is 0.379. The molecule has 0 atom stereocenters. The molecule has 1 aliphatic rings. The highest BCUT2D eigenvalue weighted by Gasteiger charge is 2.27. The summed E-state index contributed by atoms with van der Waals surface area (Å²) < 4.78 is 41.2. The molecule has 5 aromatic rings. The van der Waals surface area contributed by atoms with Crippen LogP contribution in [0, 0.1) is 0 Å². The predicted octanol–water partition coefficient (Wildman–Crippen LogP) is 4.04. The molecular weight excluding hydrogens is 584 g/mol. The molecule has 228 valence electrons. The van der Waals surface area contributed by atoms with E-state index in [0.717, 1.165) is 54.3 Å². The van der Waals surface area contributed by atoms with Crippen LogP contribution in [0.5, 0.6) is 5.88 Å². The number of rotatable bonds is 7. The Kier molecular flexibility index (Phi) is 8.97. The normalized spacial score (nSPS) is 13.2. The third kappa shape index (κ3) is 6.00. The van der Waals surface area contributed by atoms with E-state index in [1.807, 2.05) is 41.0 Å². The van der Waals surface area contributed by atoms with Crippen LogP contribution in [-0.4, -0.2) is 75.0 Å². The van der Waals surface area contributed by atoms with Crippen molar-refractivity contribution in [2.24, 2.45) is 0 Å². The van der Waals surface area contributed by atoms with Gasteiger partial charge in [-0.15, -0.1) is 0 Å². The summed E-state index contributed by atoms with van der Waals surface area (Å²) in [6.45, 7) is 2.89. The standard InChI is InChI=1S/C30H30N6O4S.CH2O2/c1-34(23-6-4-3-5-7-23)41(37,38)28-19-22(20-32-29(28)39-2)21-8-13-26-27(18-21)36(30(31)33-26)25-11-9-24(10-12-25)35-14-16-40-17-15-35;2-1-3/h3-13,18-20H,14-17H2,1-2H3,(H2,31,33);1H,(H,2,3). The minimum atomic E-state index is -3.97. The first-order chi connectivity index (χ1) is 21.3. The van der Waals surface area contributed by atoms with Crippen LogP contribution in [0.25, 0.3) is 27.8 Å². The summed E-state index contributed by atoms with van der Waals surface area (Å²) in [4.78, 5) is 19.5. The number of nitrogens with zero attached hydrogens (tertiary/aromatic N) is 5. The molecule has 0 aliphatic carbocycles. The van der Waals surface area contributed by atoms with Crippen LogP contribution in [0.1, 0.15) is 0 Å². The van der Waals surface area contributed by atoms with Gasteiger partial charge in [-0.2, -0.15) is 0 Å². The maximum Gasteiger partial charge on any atom is 0.290 e. The van der Waals surface area contributed by atoms with Crippen LogP contribution in [0.3, 0.4) is 0 Å². The van der Waals surface area contributed by atoms with Gasteiger partial charge in [-0.1, -0.05) is 24.3 Å². The van der Waals surface area contributed by atoms with Gasteiger partial charge in [0.25, 0.3) is 16.5 Å². The highest BCUT2D eigenvalue weighted by molar-refractivity contribution is 7.92. The Hall–Kier alpha value is -5.14. The molecule has 13 heteroatoms. The SMILES string of the molecule is COc1ncc(-c2ccc3nc(N)n(-c4ccc(N5CCOCC5)cc4)c3c2)cc1S(=O)(=O)N(C)c1ccccc1.O=CO. The Labute approximate surface area is 255 Å². The van der Waals surface area contributed by atoms with Crippen molar-refractivity contribution in [1.82, 2.24) is 14.5 Å². The van der Waals surface area contributed by atoms with E-state index in [9.17, 15) is 8.42 Å². The second-order valence-electron chi connectivity index (χ2n) is 9.77. The van der Waals surface area contributed by atoms with Gasteiger partial charge in [0.1, 0.15) is 0 Å². The van der Waals surface area contributed by atoms with Crippen LogP contribution < -0.4 is 19.7 Å². The average molecular weight is 617 g/mol. The second kappa shape index (κ2) is 13.0. The highest BCUT2D eigenvalue weighted by atomic mass is 32.2. The van der Waals surface area contributed by atoms with Crippen LogP contribution >= 0.6 is 0 Å². The number of nitrogens with two attached hydrogens (primary N) is 1. The second-order valence-corrected chi connectivity index (χ2v) is 11.7. The fourth-order valence-corrected chi connectivity index (χ4v) is 6.36. The van der Waals surface area contributed by atoms with Crippen LogP contribution in [0.15, 0.2) is 90.0 Å². The van der Waals surface area contributed by atoms with E-state index in [4.69, 9.17) is 25.1 Å². The van der Waals surface area contributed by atoms with E-state index in [0.29, 0.717) is 17.2 Å². The fourth-order valence-electron chi connectivity index (χ4n) is 5.03. The smallest absolute Gasteiger partial charge is 0.290 e. The lowest BCUT2D eigenvalue weighted by Crippen LogP contribution is -2.36. The molecule has 1 aliphatic heterocycles. The average Bonchev–Trinajstić information content (AvgIpc) is 3.40. The summed E-state index contributed by atoms with van der Waals surface area (Å²) >= 11 is 0. The number of anilines is 3. The molecule has 3 aromatic carbocycles. The van der Waals surface area contributed by atoms with E-state index < -0.39 is 10.0 Å². The summed E-state index contributed by atoms with van der Waals surface area (Å²) in [6, 6.07) is 24.3. The summed E-state index contributed by atoms with van der Waals surface area (Å²) in [5, 5.41) is 6.89. The van der Waals surface area contributed by atoms with Gasteiger partial charge < -0.3 is 25.2 Å². The lowest BCUT2D eigenvalue weighted by atomic mass is 10.1. The number of ether oxygens (including phenoxy) is 2. The van der Waals surface area contributed by atoms with Crippen molar-refractivity contribution in [3.8, 4) is 22.7 Å². The van der Waals surface area contributed by atoms with Gasteiger partial charge in [0, 0.05) is 43.3 Å². The van der Waals surface area contributed by atoms with E-state index in [-0.39, 0.29) is 17.2 Å². The first kappa shape index (κ1) is 30.3. The Morgan fingerprint density at radius 3 is 2.30 bits per heavy atom. The summed E-state index contributed by atoms with van der Waals surface area (Å²) in [5.41, 5.74) is 11.8. The molecule has 0 unspecified atom stereocenters. The number of morpholine rings is 1. The number of fused-ring (bicyclic) bond motifs is 1. The number of benzene rings is 3. The van der Waals surface area contributed by atoms with Gasteiger partial charge in [0.15, 0.2) is 4.90 Å². The molecular formula is C31H32N6O6S. The maximum atomic E-state index is 13.7. The third-order valence-electron chi connectivity index (χ3n) is 7.27. The first-order valence-electron chi connectivity index (χ1n) is 13.7. The van der Waals surface area contributed by atoms with Crippen molar-refractivity contribution >= 4 is 44.9 Å². The Bertz CT molecular complexity index is 1860. The number of carboxylic acid groups (broad SMARTS) is 1. The van der Waals surface area contributed by atoms with Crippen molar-refractivity contribution in [1.29, 1.82) is 0 Å². The molecule has 0 amide bonds. The number of carbonyl (C=O) groups is 1. The lowest BCUT2D eigenvalue weighted by Gasteiger charge is -2.29. The van der Waals surface area contributed by atoms with Crippen LogP contribution in [-0.2, 0) is 19.6 Å². The van der Waals surface area contributed by atoms with Crippen molar-refractivity contribution in [3.63, 3.8) is 0 Å². The largest absolute Gasteiger partial charge is 0.483 e. The maximum absolute atomic E-state index is 13.7. The number of methoxy groups -OCH3 is 1. The molecule has 0 radical (unpaired) electrons. The zero-order valence-electron chi connectivity index (χ0n) is 24.2. The Morgan fingerprint density at radius 1 is 0.977 bits per heavy atom. The molecule has 3 heterocycles. The highest BCUT2D eigenvalue weighted by Crippen LogP contribution is 2.34. The van der Waals surface area contributed by atoms with Gasteiger partial charge in [0.2, 0.25) is 11.8 Å². The van der Waals surface area contributed by atoms with Gasteiger partial charge in [0.05, 0.1) is 37.0 Å². The zero-order valence-corrected chi connectivity index (χ0v) is 25.0. The molecule has 3 N–H and O–H groups in total. The van der Waals surface area contributed by atoms with Crippen molar-refractivity contribution in [3.05, 3.63) is 85.1 Å². The molecule has 12 nitrogen and oxygen atoms in total. The van der Waals surface area contributed by atoms with Crippen molar-refractivity contribution < 1.29 is 27.8 Å². The Morgan fingerprint density at radius 2 is 1.64 bits per heavy atom. The number of imidazole rings is 1. The van der Waals surface area contributed by atoms with Crippen LogP contribution in [0.4, 0.5) is 17.3 Å². The summed E-state index contributed by atoms with van der Waals surface area (Å²) in [6.07, 6.45) is 1.60. The predicted molar refractivity (Wildman–Crippen MR) is 169 cm³/mol. The monoisotopic (exact) mass is 616 g/mol. The molecule has 1 saturated heterocycles. The number of nitrogen functional groups attached to an aromatic ring is 1. The Balaban J connectivity index is 0.00000123. The van der Waals surface area contributed by atoms with Crippen molar-refractivity contribution in [2.75, 3.05) is 55.4 Å². The summed E-state index contributed by atoms with van der Waals surface area (Å²) in [7, 11) is -1.06. The lowest BCUT2D eigenvalue weighted by molar-refractivity contribution is -0.122. The van der Waals surface area contributed by atoms with E-state index in [1.165, 1.54) is 18.5 Å². The van der Waals surface area contributed by atoms with Gasteiger partial charge in [-0.05, 0) is 60.2 Å². The van der Waals surface area contributed by atoms with E-state index in [1.54, 1.807) is 36.5 Å². The molecule has 0 bridgehead atoms. The molecule has 44 heavy (non-hydrogen) atoms. The molecule has 1 fully saturated rings. The van der Waals surface area contributed by atoms with E-state index >= 15 is 0 Å². The topological polar surface area (TPSA) is 153 Å². The zero-order chi connectivity index (χ0) is 31.3. The minimum absolute atomic E-state index is 0.0206. The van der Waals surface area contributed by atoms with Gasteiger partial charge in [-0.25, -0.2) is 18.4 Å². The fraction of sp³-hybridized carbons (Fsp3) is 0.194. The van der Waals surface area contributed by atoms with Gasteiger partial charge >= 0.3 is 0 Å². The minimum Gasteiger partial charge on any atom is -0.483 e. The molecule has 0 saturated carbocycles. The van der Waals surface area contributed by atoms with Crippen molar-refractivity contribution in [2.45, 2.75) is 4.90 Å². The van der Waals surface area contributed by atoms with E-state index in [2.05, 4.69) is 27.0 Å². The third-order valence-corrected chi connectivity index (χ3v) is 9.05. The molecule has 2 aromatic heterocycles. The number of sulfonamides is 1. The quantitative estimate of drug-likeness (QED) is 0.256. The number of hydrogen-bond donors (Lipinski definition) is 2. The molecule has 6 rings (SSSR count). The number of pyridine rings is 1. The first-order valence-corrected chi connectivity index (χ1v) is 15.1. The van der Waals surface area contributed by atoms with Gasteiger partial charge in [-0.3, -0.25) is 13.7 Å². The number of para-hydroxylation sites is 1. The number of aromatic nitrogens is 3. The van der Waals surface area contributed by atoms with Crippen LogP contribution in [0.2, 0.25) is 0 Å². The molecule has 0 spiro atoms. The number of hydrogen-bond acceptors (Lipinski definition) is 9.